The number of aromatic nitrogens is 1. The van der Waals surface area contributed by atoms with Gasteiger partial charge in [0, 0.05) is 12.1 Å². The van der Waals surface area contributed by atoms with Crippen molar-refractivity contribution in [1.82, 2.24) is 10.3 Å². The van der Waals surface area contributed by atoms with E-state index in [0.717, 1.165) is 11.3 Å². The van der Waals surface area contributed by atoms with E-state index in [2.05, 4.69) is 16.9 Å². The molecule has 1 aromatic heterocycles. The molecule has 0 radical (unpaired) electrons. The van der Waals surface area contributed by atoms with Crippen LogP contribution in [0.15, 0.2) is 58.9 Å². The summed E-state index contributed by atoms with van der Waals surface area (Å²) in [5.41, 5.74) is 1.76. The van der Waals surface area contributed by atoms with Crippen molar-refractivity contribution in [3.05, 3.63) is 49.2 Å². The third-order valence-corrected chi connectivity index (χ3v) is 3.58. The number of hydrogen-bond donors (Lipinski definition) is 1. The molecule has 2 aromatic rings. The maximum atomic E-state index is 11.7. The van der Waals surface area contributed by atoms with Gasteiger partial charge in [0.1, 0.15) is 12.0 Å². The minimum Gasteiger partial charge on any atom is -0.439 e. The van der Waals surface area contributed by atoms with Gasteiger partial charge in [-0.2, -0.15) is 0 Å². The van der Waals surface area contributed by atoms with Crippen molar-refractivity contribution in [3.8, 4) is 11.3 Å². The van der Waals surface area contributed by atoms with Crippen molar-refractivity contribution in [1.29, 1.82) is 0 Å². The SMILES string of the molecule is C=CCNC(=O)[C@H](C)Sc1nc(-c2ccccc2)co1. The Hall–Kier alpha value is -2.01. The second-order valence-corrected chi connectivity index (χ2v) is 5.45. The molecule has 104 valence electrons. The smallest absolute Gasteiger partial charge is 0.256 e. The highest BCUT2D eigenvalue weighted by Crippen LogP contribution is 2.26. The number of nitrogens with zero attached hydrogens (tertiary/aromatic N) is 1. The van der Waals surface area contributed by atoms with Crippen LogP contribution >= 0.6 is 11.8 Å². The molecule has 0 bridgehead atoms. The molecule has 0 spiro atoms. The summed E-state index contributed by atoms with van der Waals surface area (Å²) in [6.45, 7) is 5.84. The predicted octanol–water partition coefficient (Wildman–Crippen LogP) is 3.12. The lowest BCUT2D eigenvalue weighted by atomic mass is 10.2. The van der Waals surface area contributed by atoms with Crippen LogP contribution in [-0.4, -0.2) is 22.7 Å². The van der Waals surface area contributed by atoms with Gasteiger partial charge in [0.2, 0.25) is 5.91 Å². The normalized spacial score (nSPS) is 11.8. The number of hydrogen-bond acceptors (Lipinski definition) is 4. The molecule has 0 aliphatic rings. The zero-order valence-corrected chi connectivity index (χ0v) is 12.0. The number of carbonyl (C=O) groups excluding carboxylic acids is 1. The Bertz CT molecular complexity index is 581. The molecule has 4 nitrogen and oxygen atoms in total. The quantitative estimate of drug-likeness (QED) is 0.655. The summed E-state index contributed by atoms with van der Waals surface area (Å²) in [4.78, 5) is 16.1. The maximum Gasteiger partial charge on any atom is 0.256 e. The number of carbonyl (C=O) groups is 1. The van der Waals surface area contributed by atoms with Crippen molar-refractivity contribution >= 4 is 17.7 Å². The lowest BCUT2D eigenvalue weighted by Gasteiger charge is -2.07. The monoisotopic (exact) mass is 288 g/mol. The summed E-state index contributed by atoms with van der Waals surface area (Å²) in [6, 6.07) is 9.77. The predicted molar refractivity (Wildman–Crippen MR) is 80.5 cm³/mol. The van der Waals surface area contributed by atoms with Crippen molar-refractivity contribution in [2.75, 3.05) is 6.54 Å². The highest BCUT2D eigenvalue weighted by molar-refractivity contribution is 8.00. The lowest BCUT2D eigenvalue weighted by molar-refractivity contribution is -0.120. The van der Waals surface area contributed by atoms with E-state index in [1.165, 1.54) is 11.8 Å². The average Bonchev–Trinajstić information content (AvgIpc) is 2.94. The van der Waals surface area contributed by atoms with E-state index in [1.807, 2.05) is 37.3 Å². The third kappa shape index (κ3) is 3.74. The second kappa shape index (κ2) is 6.96. The van der Waals surface area contributed by atoms with Crippen LogP contribution in [0.2, 0.25) is 0 Å². The average molecular weight is 288 g/mol. The molecule has 1 atom stereocenters. The van der Waals surface area contributed by atoms with E-state index in [0.29, 0.717) is 11.8 Å². The van der Waals surface area contributed by atoms with Crippen LogP contribution in [0.25, 0.3) is 11.3 Å². The lowest BCUT2D eigenvalue weighted by Crippen LogP contribution is -2.30. The van der Waals surface area contributed by atoms with Gasteiger partial charge in [-0.15, -0.1) is 6.58 Å². The van der Waals surface area contributed by atoms with Gasteiger partial charge in [-0.3, -0.25) is 4.79 Å². The van der Waals surface area contributed by atoms with Crippen molar-refractivity contribution in [2.24, 2.45) is 0 Å². The summed E-state index contributed by atoms with van der Waals surface area (Å²) < 4.78 is 5.40. The topological polar surface area (TPSA) is 55.1 Å². The molecule has 2 rings (SSSR count). The van der Waals surface area contributed by atoms with E-state index in [9.17, 15) is 4.79 Å². The first-order chi connectivity index (χ1) is 9.70. The minimum atomic E-state index is -0.266. The van der Waals surface area contributed by atoms with Crippen LogP contribution in [0.4, 0.5) is 0 Å². The molecule has 1 aromatic carbocycles. The number of thioether (sulfide) groups is 1. The Morgan fingerprint density at radius 3 is 2.95 bits per heavy atom. The third-order valence-electron chi connectivity index (χ3n) is 2.62. The Kier molecular flexibility index (Phi) is 5.01. The van der Waals surface area contributed by atoms with Gasteiger partial charge in [0.15, 0.2) is 0 Å². The first kappa shape index (κ1) is 14.4. The summed E-state index contributed by atoms with van der Waals surface area (Å²) >= 11 is 1.29. The van der Waals surface area contributed by atoms with E-state index < -0.39 is 0 Å². The van der Waals surface area contributed by atoms with Gasteiger partial charge in [0.25, 0.3) is 5.22 Å². The minimum absolute atomic E-state index is 0.0608. The number of nitrogens with one attached hydrogen (secondary N) is 1. The van der Waals surface area contributed by atoms with E-state index in [1.54, 1.807) is 12.3 Å². The van der Waals surface area contributed by atoms with Gasteiger partial charge in [-0.05, 0) is 6.92 Å². The van der Waals surface area contributed by atoms with Crippen LogP contribution in [0.3, 0.4) is 0 Å². The Balaban J connectivity index is 1.99. The van der Waals surface area contributed by atoms with Crippen LogP contribution in [0.5, 0.6) is 0 Å². The molecular weight excluding hydrogens is 272 g/mol. The first-order valence-corrected chi connectivity index (χ1v) is 7.15. The molecule has 20 heavy (non-hydrogen) atoms. The molecule has 1 N–H and O–H groups in total. The number of benzene rings is 1. The Morgan fingerprint density at radius 1 is 1.50 bits per heavy atom. The Labute approximate surface area is 122 Å². The molecule has 0 unspecified atom stereocenters. The molecule has 0 saturated carbocycles. The molecular formula is C15H16N2O2S. The van der Waals surface area contributed by atoms with Gasteiger partial charge in [-0.1, -0.05) is 48.2 Å². The first-order valence-electron chi connectivity index (χ1n) is 6.27. The highest BCUT2D eigenvalue weighted by Gasteiger charge is 2.17. The zero-order valence-electron chi connectivity index (χ0n) is 11.2. The molecule has 1 amide bonds. The molecule has 0 aliphatic heterocycles. The van der Waals surface area contributed by atoms with Crippen molar-refractivity contribution in [2.45, 2.75) is 17.4 Å². The van der Waals surface area contributed by atoms with Gasteiger partial charge < -0.3 is 9.73 Å². The van der Waals surface area contributed by atoms with E-state index >= 15 is 0 Å². The number of oxazole rings is 1. The second-order valence-electron chi connectivity index (χ2n) is 4.16. The number of amides is 1. The number of rotatable bonds is 6. The zero-order chi connectivity index (χ0) is 14.4. The highest BCUT2D eigenvalue weighted by atomic mass is 32.2. The van der Waals surface area contributed by atoms with Gasteiger partial charge in [-0.25, -0.2) is 4.98 Å². The van der Waals surface area contributed by atoms with E-state index in [4.69, 9.17) is 4.42 Å². The largest absolute Gasteiger partial charge is 0.439 e. The maximum absolute atomic E-state index is 11.7. The Morgan fingerprint density at radius 2 is 2.25 bits per heavy atom. The fourth-order valence-corrected chi connectivity index (χ4v) is 2.32. The van der Waals surface area contributed by atoms with Crippen molar-refractivity contribution < 1.29 is 9.21 Å². The molecule has 0 saturated heterocycles. The van der Waals surface area contributed by atoms with Gasteiger partial charge in [0.05, 0.1) is 5.25 Å². The van der Waals surface area contributed by atoms with Crippen LogP contribution < -0.4 is 5.32 Å². The van der Waals surface area contributed by atoms with Gasteiger partial charge >= 0.3 is 0 Å². The molecule has 1 heterocycles. The van der Waals surface area contributed by atoms with Crippen LogP contribution in [0, 0.1) is 0 Å². The van der Waals surface area contributed by atoms with E-state index in [-0.39, 0.29) is 11.2 Å². The summed E-state index contributed by atoms with van der Waals surface area (Å²) in [5.74, 6) is -0.0608. The molecule has 5 heteroatoms. The van der Waals surface area contributed by atoms with Crippen LogP contribution in [-0.2, 0) is 4.79 Å². The summed E-state index contributed by atoms with van der Waals surface area (Å²) in [5, 5.41) is 2.97. The van der Waals surface area contributed by atoms with Crippen molar-refractivity contribution in [3.63, 3.8) is 0 Å². The fraction of sp³-hybridized carbons (Fsp3) is 0.200. The molecule has 0 aliphatic carbocycles. The fourth-order valence-electron chi connectivity index (χ4n) is 1.57. The summed E-state index contributed by atoms with van der Waals surface area (Å²) in [6.07, 6.45) is 3.25. The summed E-state index contributed by atoms with van der Waals surface area (Å²) in [7, 11) is 0. The molecule has 0 fully saturated rings. The standard InChI is InChI=1S/C15H16N2O2S/c1-3-9-16-14(18)11(2)20-15-17-13(10-19-15)12-7-5-4-6-8-12/h3-8,10-11H,1,9H2,2H3,(H,16,18)/t11-/m0/s1. The van der Waals surface area contributed by atoms with Crippen LogP contribution in [0.1, 0.15) is 6.92 Å².